The molecule has 2 amide bonds. The van der Waals surface area contributed by atoms with E-state index in [0.717, 1.165) is 11.3 Å². The molecule has 6 nitrogen and oxygen atoms in total. The van der Waals surface area contributed by atoms with E-state index in [4.69, 9.17) is 4.74 Å². The van der Waals surface area contributed by atoms with Gasteiger partial charge in [-0.2, -0.15) is 0 Å². The molecule has 2 aromatic rings. The minimum Gasteiger partial charge on any atom is -0.491 e. The van der Waals surface area contributed by atoms with Gasteiger partial charge in [0, 0.05) is 5.69 Å². The first-order chi connectivity index (χ1) is 12.0. The molecule has 0 spiro atoms. The fourth-order valence-electron chi connectivity index (χ4n) is 2.27. The molecule has 0 saturated heterocycles. The van der Waals surface area contributed by atoms with E-state index < -0.39 is 5.97 Å². The number of amides is 2. The normalized spacial score (nSPS) is 10.0. The predicted octanol–water partition coefficient (Wildman–Crippen LogP) is 3.29. The van der Waals surface area contributed by atoms with Gasteiger partial charge in [0.1, 0.15) is 12.4 Å². The molecule has 0 unspecified atom stereocenters. The molecule has 0 heterocycles. The molecule has 0 aromatic heterocycles. The van der Waals surface area contributed by atoms with Crippen molar-refractivity contribution in [2.75, 3.05) is 25.6 Å². The first-order valence-electron chi connectivity index (χ1n) is 7.93. The van der Waals surface area contributed by atoms with E-state index in [-0.39, 0.29) is 6.03 Å². The largest absolute Gasteiger partial charge is 0.491 e. The van der Waals surface area contributed by atoms with Crippen molar-refractivity contribution in [3.05, 3.63) is 59.2 Å². The Hall–Kier alpha value is -3.02. The maximum absolute atomic E-state index is 11.8. The van der Waals surface area contributed by atoms with Gasteiger partial charge in [0.25, 0.3) is 0 Å². The minimum atomic E-state index is -0.417. The number of carbonyl (C=O) groups is 2. The van der Waals surface area contributed by atoms with Gasteiger partial charge in [-0.3, -0.25) is 0 Å². The lowest BCUT2D eigenvalue weighted by molar-refractivity contribution is 0.0600. The summed E-state index contributed by atoms with van der Waals surface area (Å²) in [4.78, 5) is 23.2. The van der Waals surface area contributed by atoms with E-state index in [1.54, 1.807) is 24.3 Å². The van der Waals surface area contributed by atoms with Gasteiger partial charge in [-0.25, -0.2) is 9.59 Å². The first kappa shape index (κ1) is 18.3. The zero-order valence-corrected chi connectivity index (χ0v) is 14.6. The third-order valence-corrected chi connectivity index (χ3v) is 3.54. The van der Waals surface area contributed by atoms with Crippen molar-refractivity contribution in [3.8, 4) is 5.75 Å². The van der Waals surface area contributed by atoms with E-state index in [1.165, 1.54) is 12.7 Å². The molecule has 0 atom stereocenters. The highest BCUT2D eigenvalue weighted by molar-refractivity contribution is 5.92. The lowest BCUT2D eigenvalue weighted by Crippen LogP contribution is -2.32. The number of urea groups is 1. The van der Waals surface area contributed by atoms with Gasteiger partial charge in [-0.15, -0.1) is 0 Å². The van der Waals surface area contributed by atoms with E-state index in [2.05, 4.69) is 15.4 Å². The molecular weight excluding hydrogens is 320 g/mol. The Bertz CT molecular complexity index is 742. The van der Waals surface area contributed by atoms with Crippen molar-refractivity contribution < 1.29 is 19.1 Å². The summed E-state index contributed by atoms with van der Waals surface area (Å²) in [6.07, 6.45) is 0. The summed E-state index contributed by atoms with van der Waals surface area (Å²) in [5, 5.41) is 5.40. The van der Waals surface area contributed by atoms with Gasteiger partial charge in [-0.05, 0) is 49.7 Å². The number of hydrogen-bond donors (Lipinski definition) is 2. The molecule has 6 heteroatoms. The minimum absolute atomic E-state index is 0.338. The lowest BCUT2D eigenvalue weighted by Gasteiger charge is -2.11. The van der Waals surface area contributed by atoms with E-state index >= 15 is 0 Å². The van der Waals surface area contributed by atoms with Crippen LogP contribution in [0.4, 0.5) is 10.5 Å². The molecule has 0 radical (unpaired) electrons. The Morgan fingerprint density at radius 2 is 1.76 bits per heavy atom. The molecule has 2 N–H and O–H groups in total. The van der Waals surface area contributed by atoms with Crippen molar-refractivity contribution in [1.82, 2.24) is 5.32 Å². The van der Waals surface area contributed by atoms with Gasteiger partial charge >= 0.3 is 12.0 Å². The monoisotopic (exact) mass is 342 g/mol. The number of methoxy groups -OCH3 is 1. The molecule has 0 aliphatic rings. The van der Waals surface area contributed by atoms with Crippen LogP contribution in [0.1, 0.15) is 21.5 Å². The Kier molecular flexibility index (Phi) is 6.39. The molecule has 0 bridgehead atoms. The highest BCUT2D eigenvalue weighted by Gasteiger charge is 2.06. The van der Waals surface area contributed by atoms with Gasteiger partial charge in [-0.1, -0.05) is 17.7 Å². The quantitative estimate of drug-likeness (QED) is 0.624. The molecule has 0 saturated carbocycles. The van der Waals surface area contributed by atoms with Crippen LogP contribution in [0.15, 0.2) is 42.5 Å². The van der Waals surface area contributed by atoms with E-state index in [1.807, 2.05) is 32.0 Å². The van der Waals surface area contributed by atoms with Crippen LogP contribution in [0, 0.1) is 13.8 Å². The Balaban J connectivity index is 1.74. The number of ether oxygens (including phenoxy) is 2. The van der Waals surface area contributed by atoms with E-state index in [0.29, 0.717) is 24.4 Å². The highest BCUT2D eigenvalue weighted by atomic mass is 16.5. The van der Waals surface area contributed by atoms with Gasteiger partial charge in [0.05, 0.1) is 19.2 Å². The molecular formula is C19H22N2O4. The Morgan fingerprint density at radius 1 is 1.04 bits per heavy atom. The van der Waals surface area contributed by atoms with Crippen molar-refractivity contribution in [2.45, 2.75) is 13.8 Å². The zero-order chi connectivity index (χ0) is 18.2. The Morgan fingerprint density at radius 3 is 2.40 bits per heavy atom. The Labute approximate surface area is 147 Å². The SMILES string of the molecule is COC(=O)c1ccc(NC(=O)NCCOc2ccc(C)cc2C)cc1. The summed E-state index contributed by atoms with van der Waals surface area (Å²) in [6.45, 7) is 4.76. The molecule has 2 aromatic carbocycles. The molecule has 0 aliphatic heterocycles. The van der Waals surface area contributed by atoms with Crippen molar-refractivity contribution in [2.24, 2.45) is 0 Å². The van der Waals surface area contributed by atoms with Crippen molar-refractivity contribution >= 4 is 17.7 Å². The standard InChI is InChI=1S/C19H22N2O4/c1-13-4-9-17(14(2)12-13)25-11-10-20-19(23)21-16-7-5-15(6-8-16)18(22)24-3/h4-9,12H,10-11H2,1-3H3,(H2,20,21,23). The van der Waals surface area contributed by atoms with Crippen LogP contribution in [-0.4, -0.2) is 32.3 Å². The molecule has 0 aliphatic carbocycles. The second kappa shape index (κ2) is 8.73. The number of anilines is 1. The van der Waals surface area contributed by atoms with E-state index in [9.17, 15) is 9.59 Å². The summed E-state index contributed by atoms with van der Waals surface area (Å²) < 4.78 is 10.3. The number of hydrogen-bond acceptors (Lipinski definition) is 4. The third-order valence-electron chi connectivity index (χ3n) is 3.54. The van der Waals surface area contributed by atoms with Crippen LogP contribution in [-0.2, 0) is 4.74 Å². The van der Waals surface area contributed by atoms with Gasteiger partial charge in [0.15, 0.2) is 0 Å². The van der Waals surface area contributed by atoms with Crippen LogP contribution in [0.3, 0.4) is 0 Å². The summed E-state index contributed by atoms with van der Waals surface area (Å²) in [6, 6.07) is 12.1. The van der Waals surface area contributed by atoms with Gasteiger partial charge in [0.2, 0.25) is 0 Å². The summed E-state index contributed by atoms with van der Waals surface area (Å²) in [7, 11) is 1.32. The predicted molar refractivity (Wildman–Crippen MR) is 96.2 cm³/mol. The second-order valence-corrected chi connectivity index (χ2v) is 5.57. The molecule has 132 valence electrons. The fourth-order valence-corrected chi connectivity index (χ4v) is 2.27. The number of nitrogens with one attached hydrogen (secondary N) is 2. The van der Waals surface area contributed by atoms with Crippen LogP contribution < -0.4 is 15.4 Å². The summed E-state index contributed by atoms with van der Waals surface area (Å²) >= 11 is 0. The smallest absolute Gasteiger partial charge is 0.337 e. The summed E-state index contributed by atoms with van der Waals surface area (Å²) in [5.74, 6) is 0.394. The second-order valence-electron chi connectivity index (χ2n) is 5.57. The molecule has 25 heavy (non-hydrogen) atoms. The maximum Gasteiger partial charge on any atom is 0.337 e. The molecule has 0 fully saturated rings. The average Bonchev–Trinajstić information content (AvgIpc) is 2.60. The summed E-state index contributed by atoms with van der Waals surface area (Å²) in [5.41, 5.74) is 3.26. The van der Waals surface area contributed by atoms with Crippen LogP contribution >= 0.6 is 0 Å². The lowest BCUT2D eigenvalue weighted by atomic mass is 10.1. The fraction of sp³-hybridized carbons (Fsp3) is 0.263. The third kappa shape index (κ3) is 5.53. The number of benzene rings is 2. The van der Waals surface area contributed by atoms with Crippen LogP contribution in [0.25, 0.3) is 0 Å². The van der Waals surface area contributed by atoms with Crippen molar-refractivity contribution in [3.63, 3.8) is 0 Å². The average molecular weight is 342 g/mol. The number of aryl methyl sites for hydroxylation is 2. The van der Waals surface area contributed by atoms with Crippen molar-refractivity contribution in [1.29, 1.82) is 0 Å². The number of rotatable bonds is 6. The van der Waals surface area contributed by atoms with Gasteiger partial charge < -0.3 is 20.1 Å². The number of carbonyl (C=O) groups excluding carboxylic acids is 2. The first-order valence-corrected chi connectivity index (χ1v) is 7.93. The number of esters is 1. The zero-order valence-electron chi connectivity index (χ0n) is 14.6. The topological polar surface area (TPSA) is 76.7 Å². The maximum atomic E-state index is 11.8. The van der Waals surface area contributed by atoms with Crippen LogP contribution in [0.5, 0.6) is 5.75 Å². The molecule has 2 rings (SSSR count). The van der Waals surface area contributed by atoms with Crippen LogP contribution in [0.2, 0.25) is 0 Å². The highest BCUT2D eigenvalue weighted by Crippen LogP contribution is 2.18.